The number of aromatic nitrogens is 2. The van der Waals surface area contributed by atoms with Gasteiger partial charge in [-0.05, 0) is 44.6 Å². The first-order valence-electron chi connectivity index (χ1n) is 7.29. The number of aryl methyl sites for hydroxylation is 2. The Bertz CT molecular complexity index is 411. The highest BCUT2D eigenvalue weighted by atomic mass is 127. The Morgan fingerprint density at radius 3 is 2.85 bits per heavy atom. The fourth-order valence-electron chi connectivity index (χ4n) is 1.90. The maximum absolute atomic E-state index is 4.60. The van der Waals surface area contributed by atoms with E-state index in [9.17, 15) is 0 Å². The zero-order valence-corrected chi connectivity index (χ0v) is 14.8. The highest BCUT2D eigenvalue weighted by Crippen LogP contribution is 2.28. The lowest BCUT2D eigenvalue weighted by molar-refractivity contribution is 0.570. The Balaban J connectivity index is 0.00000200. The summed E-state index contributed by atoms with van der Waals surface area (Å²) >= 11 is 0. The number of rotatable bonds is 7. The smallest absolute Gasteiger partial charge is 0.191 e. The van der Waals surface area contributed by atoms with E-state index in [1.807, 2.05) is 10.9 Å². The zero-order valence-electron chi connectivity index (χ0n) is 12.4. The van der Waals surface area contributed by atoms with E-state index in [4.69, 9.17) is 0 Å². The van der Waals surface area contributed by atoms with Crippen LogP contribution in [0, 0.1) is 12.8 Å². The van der Waals surface area contributed by atoms with Gasteiger partial charge >= 0.3 is 0 Å². The molecule has 1 aromatic heterocycles. The van der Waals surface area contributed by atoms with Crippen molar-refractivity contribution in [2.45, 2.75) is 39.7 Å². The number of nitrogens with one attached hydrogen (secondary N) is 2. The fourth-order valence-corrected chi connectivity index (χ4v) is 1.90. The van der Waals surface area contributed by atoms with E-state index in [0.29, 0.717) is 0 Å². The Hall–Kier alpha value is -0.790. The topological polar surface area (TPSA) is 54.2 Å². The molecular weight excluding hydrogens is 365 g/mol. The molecule has 114 valence electrons. The largest absolute Gasteiger partial charge is 0.357 e. The monoisotopic (exact) mass is 391 g/mol. The predicted octanol–water partition coefficient (Wildman–Crippen LogP) is 2.16. The van der Waals surface area contributed by atoms with Gasteiger partial charge in [-0.25, -0.2) is 0 Å². The van der Waals surface area contributed by atoms with Crippen LogP contribution in [0.3, 0.4) is 0 Å². The van der Waals surface area contributed by atoms with Crippen molar-refractivity contribution in [1.29, 1.82) is 0 Å². The fraction of sp³-hybridized carbons (Fsp3) is 0.714. The molecule has 0 spiro atoms. The first-order chi connectivity index (χ1) is 9.28. The van der Waals surface area contributed by atoms with E-state index in [0.717, 1.165) is 44.5 Å². The second kappa shape index (κ2) is 9.20. The van der Waals surface area contributed by atoms with Gasteiger partial charge in [0, 0.05) is 32.4 Å². The second-order valence-electron chi connectivity index (χ2n) is 5.22. The van der Waals surface area contributed by atoms with Gasteiger partial charge in [0.25, 0.3) is 0 Å². The van der Waals surface area contributed by atoms with Gasteiger partial charge in [0.1, 0.15) is 0 Å². The minimum Gasteiger partial charge on any atom is -0.357 e. The predicted molar refractivity (Wildman–Crippen MR) is 93.7 cm³/mol. The molecule has 2 rings (SSSR count). The molecule has 1 saturated carbocycles. The van der Waals surface area contributed by atoms with Crippen LogP contribution in [0.15, 0.2) is 17.4 Å². The van der Waals surface area contributed by atoms with E-state index in [1.165, 1.54) is 18.4 Å². The molecule has 1 fully saturated rings. The van der Waals surface area contributed by atoms with Crippen LogP contribution in [0.1, 0.15) is 31.7 Å². The van der Waals surface area contributed by atoms with Gasteiger partial charge in [-0.1, -0.05) is 0 Å². The summed E-state index contributed by atoms with van der Waals surface area (Å²) in [7, 11) is 0. The summed E-state index contributed by atoms with van der Waals surface area (Å²) in [5.74, 6) is 1.79. The van der Waals surface area contributed by atoms with Gasteiger partial charge in [0.2, 0.25) is 0 Å². The van der Waals surface area contributed by atoms with E-state index >= 15 is 0 Å². The SMILES string of the molecule is CCNC(=NCC1CC1)NCCCn1cc(C)cn1.I. The van der Waals surface area contributed by atoms with Crippen LogP contribution in [0.4, 0.5) is 0 Å². The van der Waals surface area contributed by atoms with E-state index in [-0.39, 0.29) is 24.0 Å². The van der Waals surface area contributed by atoms with Gasteiger partial charge in [-0.3, -0.25) is 9.67 Å². The summed E-state index contributed by atoms with van der Waals surface area (Å²) in [5, 5.41) is 10.9. The molecule has 1 aliphatic carbocycles. The van der Waals surface area contributed by atoms with Gasteiger partial charge in [-0.15, -0.1) is 24.0 Å². The lowest BCUT2D eigenvalue weighted by Gasteiger charge is -2.11. The zero-order chi connectivity index (χ0) is 13.5. The van der Waals surface area contributed by atoms with Gasteiger partial charge in [0.05, 0.1) is 6.20 Å². The number of halogens is 1. The summed E-state index contributed by atoms with van der Waals surface area (Å²) in [6.07, 6.45) is 7.72. The molecule has 1 heterocycles. The molecule has 0 radical (unpaired) electrons. The molecule has 0 atom stereocenters. The molecule has 6 heteroatoms. The van der Waals surface area contributed by atoms with Gasteiger partial charge in [-0.2, -0.15) is 5.10 Å². The summed E-state index contributed by atoms with van der Waals surface area (Å²) in [5.41, 5.74) is 1.22. The van der Waals surface area contributed by atoms with Crippen LogP contribution in [0.2, 0.25) is 0 Å². The van der Waals surface area contributed by atoms with Crippen LogP contribution >= 0.6 is 24.0 Å². The number of hydrogen-bond acceptors (Lipinski definition) is 2. The lowest BCUT2D eigenvalue weighted by Crippen LogP contribution is -2.38. The van der Waals surface area contributed by atoms with Crippen molar-refractivity contribution in [3.63, 3.8) is 0 Å². The molecule has 1 aromatic rings. The second-order valence-corrected chi connectivity index (χ2v) is 5.22. The van der Waals surface area contributed by atoms with Gasteiger partial charge in [0.15, 0.2) is 5.96 Å². The molecule has 0 aliphatic heterocycles. The number of hydrogen-bond donors (Lipinski definition) is 2. The molecule has 5 nitrogen and oxygen atoms in total. The van der Waals surface area contributed by atoms with Crippen molar-refractivity contribution in [3.05, 3.63) is 18.0 Å². The Morgan fingerprint density at radius 2 is 2.25 bits per heavy atom. The van der Waals surface area contributed by atoms with Crippen molar-refractivity contribution < 1.29 is 0 Å². The lowest BCUT2D eigenvalue weighted by atomic mass is 10.4. The normalized spacial score (nSPS) is 14.8. The van der Waals surface area contributed by atoms with Crippen LogP contribution in [-0.2, 0) is 6.54 Å². The van der Waals surface area contributed by atoms with Crippen molar-refractivity contribution in [2.24, 2.45) is 10.9 Å². The molecular formula is C14H26IN5. The van der Waals surface area contributed by atoms with Crippen molar-refractivity contribution in [1.82, 2.24) is 20.4 Å². The van der Waals surface area contributed by atoms with Gasteiger partial charge < -0.3 is 10.6 Å². The van der Waals surface area contributed by atoms with E-state index < -0.39 is 0 Å². The minimum atomic E-state index is 0. The highest BCUT2D eigenvalue weighted by Gasteiger charge is 2.20. The average Bonchev–Trinajstić information content (AvgIpc) is 3.14. The Labute approximate surface area is 138 Å². The molecule has 2 N–H and O–H groups in total. The minimum absolute atomic E-state index is 0. The standard InChI is InChI=1S/C14H25N5.HI/c1-3-15-14(17-10-13-5-6-13)16-7-4-8-19-11-12(2)9-18-19;/h9,11,13H,3-8,10H2,1-2H3,(H2,15,16,17);1H. The third-order valence-corrected chi connectivity index (χ3v) is 3.17. The summed E-state index contributed by atoms with van der Waals surface area (Å²) < 4.78 is 1.99. The average molecular weight is 391 g/mol. The molecule has 0 unspecified atom stereocenters. The van der Waals surface area contributed by atoms with Crippen LogP contribution in [0.5, 0.6) is 0 Å². The number of nitrogens with zero attached hydrogens (tertiary/aromatic N) is 3. The third-order valence-electron chi connectivity index (χ3n) is 3.17. The molecule has 0 bridgehead atoms. The van der Waals surface area contributed by atoms with E-state index in [1.54, 1.807) is 0 Å². The maximum atomic E-state index is 4.60. The van der Waals surface area contributed by atoms with Crippen LogP contribution in [0.25, 0.3) is 0 Å². The molecule has 0 aromatic carbocycles. The summed E-state index contributed by atoms with van der Waals surface area (Å²) in [6, 6.07) is 0. The van der Waals surface area contributed by atoms with Crippen molar-refractivity contribution in [2.75, 3.05) is 19.6 Å². The van der Waals surface area contributed by atoms with Crippen LogP contribution < -0.4 is 10.6 Å². The maximum Gasteiger partial charge on any atom is 0.191 e. The molecule has 20 heavy (non-hydrogen) atoms. The highest BCUT2D eigenvalue weighted by molar-refractivity contribution is 14.0. The van der Waals surface area contributed by atoms with Crippen LogP contribution in [-0.4, -0.2) is 35.4 Å². The molecule has 0 amide bonds. The Morgan fingerprint density at radius 1 is 1.45 bits per heavy atom. The van der Waals surface area contributed by atoms with Crippen molar-refractivity contribution >= 4 is 29.9 Å². The number of guanidine groups is 1. The van der Waals surface area contributed by atoms with E-state index in [2.05, 4.69) is 40.8 Å². The summed E-state index contributed by atoms with van der Waals surface area (Å²) in [6.45, 7) is 7.91. The first kappa shape index (κ1) is 17.3. The molecule has 1 aliphatic rings. The number of aliphatic imine (C=N–C) groups is 1. The third kappa shape index (κ3) is 6.58. The summed E-state index contributed by atoms with van der Waals surface area (Å²) in [4.78, 5) is 4.60. The quantitative estimate of drug-likeness (QED) is 0.324. The first-order valence-corrected chi connectivity index (χ1v) is 7.29. The molecule has 0 saturated heterocycles. The van der Waals surface area contributed by atoms with Crippen molar-refractivity contribution in [3.8, 4) is 0 Å². The Kier molecular flexibility index (Phi) is 7.94.